The summed E-state index contributed by atoms with van der Waals surface area (Å²) in [5.74, 6) is 0.941. The summed E-state index contributed by atoms with van der Waals surface area (Å²) in [5.41, 5.74) is 0.807. The quantitative estimate of drug-likeness (QED) is 0.298. The molecule has 2 aromatic rings. The van der Waals surface area contributed by atoms with Gasteiger partial charge in [0.05, 0.1) is 18.6 Å². The molecule has 0 atom stereocenters. The van der Waals surface area contributed by atoms with E-state index in [1.807, 2.05) is 12.1 Å². The van der Waals surface area contributed by atoms with E-state index in [0.717, 1.165) is 24.8 Å². The number of unbranched alkanes of at least 4 members (excludes halogenated alkanes) is 5. The van der Waals surface area contributed by atoms with Crippen LogP contribution in [0.5, 0.6) is 5.75 Å². The lowest BCUT2D eigenvalue weighted by Crippen LogP contribution is -2.29. The summed E-state index contributed by atoms with van der Waals surface area (Å²) >= 11 is 0. The van der Waals surface area contributed by atoms with Gasteiger partial charge in [-0.3, -0.25) is 4.79 Å². The maximum absolute atomic E-state index is 12.9. The van der Waals surface area contributed by atoms with Crippen LogP contribution in [0.15, 0.2) is 47.1 Å². The molecule has 0 radical (unpaired) electrons. The second kappa shape index (κ2) is 12.4. The molecule has 0 unspecified atom stereocenters. The number of carbonyl (C=O) groups excluding carboxylic acids is 1. The van der Waals surface area contributed by atoms with Crippen molar-refractivity contribution in [1.29, 1.82) is 0 Å². The van der Waals surface area contributed by atoms with Crippen molar-refractivity contribution in [1.82, 2.24) is 4.90 Å². The Morgan fingerprint density at radius 1 is 1.00 bits per heavy atom. The number of hydrogen-bond donors (Lipinski definition) is 0. The number of amides is 1. The first kappa shape index (κ1) is 24.0. The van der Waals surface area contributed by atoms with Gasteiger partial charge in [-0.2, -0.15) is 8.42 Å². The van der Waals surface area contributed by atoms with E-state index in [1.165, 1.54) is 26.2 Å². The molecule has 0 bridgehead atoms. The Morgan fingerprint density at radius 2 is 1.77 bits per heavy atom. The molecule has 6 nitrogen and oxygen atoms in total. The van der Waals surface area contributed by atoms with Gasteiger partial charge < -0.3 is 13.5 Å². The van der Waals surface area contributed by atoms with E-state index in [9.17, 15) is 13.2 Å². The Hall–Kier alpha value is -2.28. The first-order valence-electron chi connectivity index (χ1n) is 10.7. The Balaban J connectivity index is 2.01. The van der Waals surface area contributed by atoms with Crippen molar-refractivity contribution in [3.8, 4) is 5.75 Å². The summed E-state index contributed by atoms with van der Waals surface area (Å²) < 4.78 is 34.0. The fourth-order valence-electron chi connectivity index (χ4n) is 3.16. The number of carbonyl (C=O) groups is 1. The van der Waals surface area contributed by atoms with Crippen molar-refractivity contribution >= 4 is 16.0 Å². The van der Waals surface area contributed by atoms with Gasteiger partial charge in [-0.1, -0.05) is 51.2 Å². The maximum atomic E-state index is 12.9. The highest BCUT2D eigenvalue weighted by Gasteiger charge is 2.17. The van der Waals surface area contributed by atoms with Gasteiger partial charge in [-0.05, 0) is 43.2 Å². The van der Waals surface area contributed by atoms with Crippen LogP contribution in [0.25, 0.3) is 0 Å². The molecule has 0 spiro atoms. The van der Waals surface area contributed by atoms with E-state index in [-0.39, 0.29) is 17.4 Å². The molecule has 0 fully saturated rings. The van der Waals surface area contributed by atoms with Crippen LogP contribution >= 0.6 is 0 Å². The third-order valence-corrected chi connectivity index (χ3v) is 6.03. The van der Waals surface area contributed by atoms with E-state index in [1.54, 1.807) is 35.4 Å². The minimum Gasteiger partial charge on any atom is -0.467 e. The summed E-state index contributed by atoms with van der Waals surface area (Å²) in [7, 11) is -3.59. The fraction of sp³-hybridized carbons (Fsp3) is 0.522. The molecular formula is C23H33NO5S. The van der Waals surface area contributed by atoms with Gasteiger partial charge >= 0.3 is 10.1 Å². The number of furan rings is 1. The number of rotatable bonds is 14. The smallest absolute Gasteiger partial charge is 0.308 e. The predicted octanol–water partition coefficient (Wildman–Crippen LogP) is 5.29. The molecule has 1 amide bonds. The van der Waals surface area contributed by atoms with Crippen molar-refractivity contribution < 1.29 is 21.8 Å². The molecule has 1 aromatic heterocycles. The molecule has 0 aliphatic heterocycles. The first-order valence-corrected chi connectivity index (χ1v) is 12.3. The van der Waals surface area contributed by atoms with Gasteiger partial charge in [-0.15, -0.1) is 0 Å². The van der Waals surface area contributed by atoms with Crippen LogP contribution in [-0.2, 0) is 28.0 Å². The van der Waals surface area contributed by atoms with Crippen molar-refractivity contribution in [3.05, 3.63) is 54.0 Å². The van der Waals surface area contributed by atoms with E-state index < -0.39 is 10.1 Å². The largest absolute Gasteiger partial charge is 0.467 e. The van der Waals surface area contributed by atoms with Crippen molar-refractivity contribution in [3.63, 3.8) is 0 Å². The zero-order chi connectivity index (χ0) is 21.8. The molecule has 2 rings (SSSR count). The normalized spacial score (nSPS) is 11.4. The Kier molecular flexibility index (Phi) is 9.94. The molecule has 166 valence electrons. The third-order valence-electron chi connectivity index (χ3n) is 4.87. The molecule has 30 heavy (non-hydrogen) atoms. The van der Waals surface area contributed by atoms with Crippen molar-refractivity contribution in [2.24, 2.45) is 0 Å². The zero-order valence-electron chi connectivity index (χ0n) is 18.0. The van der Waals surface area contributed by atoms with Gasteiger partial charge in [-0.25, -0.2) is 0 Å². The summed E-state index contributed by atoms with van der Waals surface area (Å²) in [6, 6.07) is 10.5. The van der Waals surface area contributed by atoms with Crippen LogP contribution in [0.4, 0.5) is 0 Å². The number of nitrogens with zero attached hydrogens (tertiary/aromatic N) is 1. The molecule has 0 saturated heterocycles. The lowest BCUT2D eigenvalue weighted by molar-refractivity contribution is -0.132. The molecule has 1 aromatic carbocycles. The number of benzene rings is 1. The van der Waals surface area contributed by atoms with Crippen molar-refractivity contribution in [2.75, 3.05) is 5.75 Å². The van der Waals surface area contributed by atoms with E-state index in [4.69, 9.17) is 8.60 Å². The Labute approximate surface area is 180 Å². The lowest BCUT2D eigenvalue weighted by Gasteiger charge is -2.22. The maximum Gasteiger partial charge on any atom is 0.308 e. The van der Waals surface area contributed by atoms with Gasteiger partial charge in [0.2, 0.25) is 5.91 Å². The highest BCUT2D eigenvalue weighted by Crippen LogP contribution is 2.19. The first-order chi connectivity index (χ1) is 14.4. The summed E-state index contributed by atoms with van der Waals surface area (Å²) in [4.78, 5) is 14.6. The van der Waals surface area contributed by atoms with Crippen LogP contribution in [-0.4, -0.2) is 25.0 Å². The monoisotopic (exact) mass is 435 g/mol. The van der Waals surface area contributed by atoms with Crippen LogP contribution < -0.4 is 4.18 Å². The van der Waals surface area contributed by atoms with Gasteiger partial charge in [0, 0.05) is 13.0 Å². The summed E-state index contributed by atoms with van der Waals surface area (Å²) in [6.45, 7) is 4.46. The van der Waals surface area contributed by atoms with Crippen LogP contribution in [0, 0.1) is 0 Å². The van der Waals surface area contributed by atoms with Gasteiger partial charge in [0.15, 0.2) is 0 Å². The van der Waals surface area contributed by atoms with Gasteiger partial charge in [0.1, 0.15) is 11.5 Å². The Bertz CT molecular complexity index is 861. The molecule has 7 heteroatoms. The molecule has 0 saturated carbocycles. The van der Waals surface area contributed by atoms with Crippen molar-refractivity contribution in [2.45, 2.75) is 71.9 Å². The van der Waals surface area contributed by atoms with Gasteiger partial charge in [0.25, 0.3) is 0 Å². The molecule has 1 heterocycles. The molecule has 0 aliphatic carbocycles. The highest BCUT2D eigenvalue weighted by atomic mass is 32.2. The highest BCUT2D eigenvalue weighted by molar-refractivity contribution is 7.87. The minimum absolute atomic E-state index is 0.0643. The SMILES string of the molecule is CCCCCCCCC(=O)N(Cc1cccc(OS(=O)(=O)CC)c1)Cc1ccco1. The topological polar surface area (TPSA) is 76.8 Å². The summed E-state index contributed by atoms with van der Waals surface area (Å²) in [6.07, 6.45) is 8.83. The predicted molar refractivity (Wildman–Crippen MR) is 117 cm³/mol. The fourth-order valence-corrected chi connectivity index (χ4v) is 3.67. The lowest BCUT2D eigenvalue weighted by atomic mass is 10.1. The molecular weight excluding hydrogens is 402 g/mol. The van der Waals surface area contributed by atoms with E-state index in [2.05, 4.69) is 6.92 Å². The van der Waals surface area contributed by atoms with E-state index in [0.29, 0.717) is 25.3 Å². The third kappa shape index (κ3) is 8.61. The summed E-state index contributed by atoms with van der Waals surface area (Å²) in [5, 5.41) is 0. The van der Waals surface area contributed by atoms with Crippen LogP contribution in [0.3, 0.4) is 0 Å². The zero-order valence-corrected chi connectivity index (χ0v) is 18.8. The van der Waals surface area contributed by atoms with Crippen LogP contribution in [0.1, 0.15) is 70.1 Å². The average Bonchev–Trinajstić information content (AvgIpc) is 3.23. The standard InChI is InChI=1S/C23H33NO5S/c1-3-5-6-7-8-9-15-23(25)24(19-22-14-11-16-28-22)18-20-12-10-13-21(17-20)29-30(26,27)4-2/h10-14,16-17H,3-9,15,18-19H2,1-2H3. The molecule has 0 N–H and O–H groups in total. The second-order valence-corrected chi connectivity index (χ2v) is 9.28. The Morgan fingerprint density at radius 3 is 2.47 bits per heavy atom. The average molecular weight is 436 g/mol. The van der Waals surface area contributed by atoms with Crippen LogP contribution in [0.2, 0.25) is 0 Å². The number of hydrogen-bond acceptors (Lipinski definition) is 5. The minimum atomic E-state index is -3.59. The molecule has 0 aliphatic rings. The van der Waals surface area contributed by atoms with E-state index >= 15 is 0 Å². The second-order valence-electron chi connectivity index (χ2n) is 7.42.